The smallest absolute Gasteiger partial charge is 0.223 e. The van der Waals surface area contributed by atoms with Gasteiger partial charge in [-0.15, -0.1) is 0 Å². The molecule has 2 rings (SSSR count). The van der Waals surface area contributed by atoms with Crippen molar-refractivity contribution in [2.24, 2.45) is 5.73 Å². The molecule has 0 aromatic carbocycles. The average molecular weight is 282 g/mol. The van der Waals surface area contributed by atoms with Gasteiger partial charge in [0.05, 0.1) is 0 Å². The minimum Gasteiger partial charge on any atom is -0.343 e. The molecule has 20 heavy (non-hydrogen) atoms. The maximum absolute atomic E-state index is 12.2. The summed E-state index contributed by atoms with van der Waals surface area (Å²) in [5, 5.41) is 0. The average Bonchev–Trinajstić information content (AvgIpc) is 2.46. The number of amides is 1. The molecule has 0 aliphatic carbocycles. The van der Waals surface area contributed by atoms with Crippen molar-refractivity contribution in [3.63, 3.8) is 0 Å². The van der Waals surface area contributed by atoms with Crippen LogP contribution in [-0.4, -0.2) is 79.5 Å². The highest BCUT2D eigenvalue weighted by molar-refractivity contribution is 5.76. The minimum absolute atomic E-state index is 0.293. The Kier molecular flexibility index (Phi) is 5.81. The molecular weight excluding hydrogens is 252 g/mol. The van der Waals surface area contributed by atoms with E-state index in [4.69, 9.17) is 5.73 Å². The van der Waals surface area contributed by atoms with Crippen LogP contribution in [0.15, 0.2) is 0 Å². The van der Waals surface area contributed by atoms with E-state index in [2.05, 4.69) is 23.9 Å². The van der Waals surface area contributed by atoms with E-state index >= 15 is 0 Å². The molecular formula is C15H30N4O. The lowest BCUT2D eigenvalue weighted by atomic mass is 10.0. The Morgan fingerprint density at radius 1 is 1.15 bits per heavy atom. The first-order chi connectivity index (χ1) is 9.56. The van der Waals surface area contributed by atoms with Gasteiger partial charge >= 0.3 is 0 Å². The molecule has 5 heteroatoms. The fraction of sp³-hybridized carbons (Fsp3) is 0.933. The van der Waals surface area contributed by atoms with Crippen molar-refractivity contribution in [2.45, 2.75) is 44.2 Å². The van der Waals surface area contributed by atoms with E-state index in [1.54, 1.807) is 0 Å². The van der Waals surface area contributed by atoms with E-state index in [0.717, 1.165) is 32.5 Å². The Hall–Kier alpha value is -0.650. The van der Waals surface area contributed by atoms with Gasteiger partial charge in [-0.05, 0) is 52.9 Å². The molecule has 0 spiro atoms. The summed E-state index contributed by atoms with van der Waals surface area (Å²) in [5.41, 5.74) is 5.88. The number of rotatable bonds is 4. The molecule has 2 aliphatic rings. The van der Waals surface area contributed by atoms with Gasteiger partial charge in [0, 0.05) is 38.1 Å². The first-order valence-electron chi connectivity index (χ1n) is 7.98. The number of likely N-dealkylation sites (tertiary alicyclic amines) is 2. The van der Waals surface area contributed by atoms with Gasteiger partial charge in [0.2, 0.25) is 5.91 Å². The summed E-state index contributed by atoms with van der Waals surface area (Å²) in [5.74, 6) is 0.302. The first-order valence-corrected chi connectivity index (χ1v) is 7.98. The molecule has 0 saturated carbocycles. The molecule has 0 atom stereocenters. The second-order valence-corrected chi connectivity index (χ2v) is 6.48. The zero-order valence-corrected chi connectivity index (χ0v) is 13.1. The molecule has 2 aliphatic heterocycles. The van der Waals surface area contributed by atoms with Gasteiger partial charge in [-0.25, -0.2) is 0 Å². The maximum atomic E-state index is 12.2. The van der Waals surface area contributed by atoms with Crippen molar-refractivity contribution in [1.82, 2.24) is 14.7 Å². The molecule has 2 heterocycles. The van der Waals surface area contributed by atoms with E-state index in [1.807, 2.05) is 4.90 Å². The second kappa shape index (κ2) is 7.38. The van der Waals surface area contributed by atoms with E-state index in [1.165, 1.54) is 25.9 Å². The van der Waals surface area contributed by atoms with Gasteiger partial charge in [0.1, 0.15) is 0 Å². The highest BCUT2D eigenvalue weighted by Gasteiger charge is 2.23. The summed E-state index contributed by atoms with van der Waals surface area (Å²) in [6.45, 7) is 4.92. The summed E-state index contributed by atoms with van der Waals surface area (Å²) in [7, 11) is 4.34. The van der Waals surface area contributed by atoms with Crippen LogP contribution in [0.3, 0.4) is 0 Å². The van der Waals surface area contributed by atoms with Crippen molar-refractivity contribution in [2.75, 3.05) is 46.8 Å². The van der Waals surface area contributed by atoms with Crippen molar-refractivity contribution in [1.29, 1.82) is 0 Å². The number of hydrogen-bond donors (Lipinski definition) is 1. The zero-order chi connectivity index (χ0) is 14.5. The lowest BCUT2D eigenvalue weighted by Gasteiger charge is -2.35. The van der Waals surface area contributed by atoms with E-state index in [-0.39, 0.29) is 0 Å². The van der Waals surface area contributed by atoms with Crippen molar-refractivity contribution >= 4 is 5.91 Å². The van der Waals surface area contributed by atoms with E-state index in [9.17, 15) is 4.79 Å². The molecule has 5 nitrogen and oxygen atoms in total. The Morgan fingerprint density at radius 2 is 1.75 bits per heavy atom. The van der Waals surface area contributed by atoms with E-state index in [0.29, 0.717) is 24.4 Å². The lowest BCUT2D eigenvalue weighted by Crippen LogP contribution is -2.45. The van der Waals surface area contributed by atoms with Gasteiger partial charge in [-0.1, -0.05) is 0 Å². The van der Waals surface area contributed by atoms with Gasteiger partial charge in [0.25, 0.3) is 0 Å². The summed E-state index contributed by atoms with van der Waals surface area (Å²) < 4.78 is 0. The van der Waals surface area contributed by atoms with Crippen LogP contribution in [0.1, 0.15) is 32.1 Å². The van der Waals surface area contributed by atoms with Crippen LogP contribution < -0.4 is 5.73 Å². The van der Waals surface area contributed by atoms with Crippen LogP contribution in [0, 0.1) is 0 Å². The lowest BCUT2D eigenvalue weighted by molar-refractivity contribution is -0.132. The zero-order valence-electron chi connectivity index (χ0n) is 13.1. The van der Waals surface area contributed by atoms with Gasteiger partial charge in [0.15, 0.2) is 0 Å². The molecule has 2 fully saturated rings. The predicted octanol–water partition coefficient (Wildman–Crippen LogP) is 0.352. The third-order valence-corrected chi connectivity index (χ3v) is 4.88. The molecule has 2 N–H and O–H groups in total. The molecule has 0 aromatic heterocycles. The molecule has 2 saturated heterocycles. The quantitative estimate of drug-likeness (QED) is 0.808. The minimum atomic E-state index is 0.293. The Morgan fingerprint density at radius 3 is 2.35 bits per heavy atom. The largest absolute Gasteiger partial charge is 0.343 e. The molecule has 0 radical (unpaired) electrons. The number of carbonyl (C=O) groups excluding carboxylic acids is 1. The van der Waals surface area contributed by atoms with Crippen LogP contribution in [0.5, 0.6) is 0 Å². The SMILES string of the molecule is CN1CCC(N(C)CCC(=O)N2CCC(N)CC2)CC1. The highest BCUT2D eigenvalue weighted by Crippen LogP contribution is 2.15. The van der Waals surface area contributed by atoms with Gasteiger partial charge < -0.3 is 20.4 Å². The van der Waals surface area contributed by atoms with Crippen molar-refractivity contribution in [3.05, 3.63) is 0 Å². The Labute approximate surface area is 123 Å². The van der Waals surface area contributed by atoms with E-state index < -0.39 is 0 Å². The monoisotopic (exact) mass is 282 g/mol. The fourth-order valence-electron chi connectivity index (χ4n) is 3.20. The van der Waals surface area contributed by atoms with Gasteiger partial charge in [-0.2, -0.15) is 0 Å². The predicted molar refractivity (Wildman–Crippen MR) is 81.6 cm³/mol. The van der Waals surface area contributed by atoms with Crippen LogP contribution in [0.4, 0.5) is 0 Å². The third kappa shape index (κ3) is 4.43. The topological polar surface area (TPSA) is 52.8 Å². The van der Waals surface area contributed by atoms with Gasteiger partial charge in [-0.3, -0.25) is 4.79 Å². The van der Waals surface area contributed by atoms with Crippen molar-refractivity contribution in [3.8, 4) is 0 Å². The normalized spacial score (nSPS) is 23.5. The standard InChI is InChI=1S/C15H30N4O/c1-17-8-5-14(6-9-17)18(2)10-7-15(20)19-11-3-13(16)4-12-19/h13-14H,3-12,16H2,1-2H3. The van der Waals surface area contributed by atoms with Crippen molar-refractivity contribution < 1.29 is 4.79 Å². The summed E-state index contributed by atoms with van der Waals surface area (Å²) in [6, 6.07) is 0.940. The highest BCUT2D eigenvalue weighted by atomic mass is 16.2. The Balaban J connectivity index is 1.67. The maximum Gasteiger partial charge on any atom is 0.223 e. The number of piperidine rings is 2. The number of nitrogens with zero attached hydrogens (tertiary/aromatic N) is 3. The second-order valence-electron chi connectivity index (χ2n) is 6.48. The van der Waals surface area contributed by atoms with Crippen LogP contribution in [0.2, 0.25) is 0 Å². The third-order valence-electron chi connectivity index (χ3n) is 4.88. The summed E-state index contributed by atoms with van der Waals surface area (Å²) >= 11 is 0. The molecule has 0 unspecified atom stereocenters. The fourth-order valence-corrected chi connectivity index (χ4v) is 3.20. The van der Waals surface area contributed by atoms with Crippen LogP contribution in [0.25, 0.3) is 0 Å². The van der Waals surface area contributed by atoms with Crippen LogP contribution >= 0.6 is 0 Å². The Bertz CT molecular complexity index is 307. The van der Waals surface area contributed by atoms with Crippen LogP contribution in [-0.2, 0) is 4.79 Å². The summed E-state index contributed by atoms with van der Waals surface area (Å²) in [4.78, 5) is 18.9. The number of carbonyl (C=O) groups is 1. The summed E-state index contributed by atoms with van der Waals surface area (Å²) in [6.07, 6.45) is 5.00. The molecule has 1 amide bonds. The first kappa shape index (κ1) is 15.7. The molecule has 0 bridgehead atoms. The molecule has 116 valence electrons. The number of nitrogens with two attached hydrogens (primary N) is 1. The number of hydrogen-bond acceptors (Lipinski definition) is 4. The molecule has 0 aromatic rings.